The molecule has 3 aromatic rings. The molecular weight excluding hydrogens is 324 g/mol. The number of nitrogens with zero attached hydrogens (tertiary/aromatic N) is 2. The minimum Gasteiger partial charge on any atom is -0.392 e. The van der Waals surface area contributed by atoms with E-state index in [1.807, 2.05) is 48.5 Å². The number of fused-ring (bicyclic) bond motifs is 1. The molecule has 1 aromatic heterocycles. The van der Waals surface area contributed by atoms with E-state index in [1.54, 1.807) is 0 Å². The van der Waals surface area contributed by atoms with Gasteiger partial charge in [0.1, 0.15) is 0 Å². The van der Waals surface area contributed by atoms with Crippen molar-refractivity contribution in [3.05, 3.63) is 71.4 Å². The Bertz CT molecular complexity index is 927. The molecule has 0 spiro atoms. The summed E-state index contributed by atoms with van der Waals surface area (Å²) in [7, 11) is 2.00. The molecule has 1 N–H and O–H groups in total. The van der Waals surface area contributed by atoms with E-state index in [4.69, 9.17) is 5.11 Å². The fourth-order valence-electron chi connectivity index (χ4n) is 3.96. The lowest BCUT2D eigenvalue weighted by Gasteiger charge is -2.17. The molecule has 1 atom stereocenters. The van der Waals surface area contributed by atoms with Crippen LogP contribution in [0.15, 0.2) is 54.7 Å². The summed E-state index contributed by atoms with van der Waals surface area (Å²) in [5, 5.41) is 10.2. The smallest absolute Gasteiger partial charge is 0.254 e. The highest BCUT2D eigenvalue weighted by Gasteiger charge is 2.28. The molecule has 0 bridgehead atoms. The number of carbonyl (C=O) groups is 1. The fourth-order valence-corrected chi connectivity index (χ4v) is 3.96. The number of hydrogen-bond acceptors (Lipinski definition) is 2. The molecule has 1 unspecified atom stereocenters. The number of likely N-dealkylation sites (tertiary alicyclic amines) is 1. The van der Waals surface area contributed by atoms with Crippen molar-refractivity contribution in [1.29, 1.82) is 0 Å². The van der Waals surface area contributed by atoms with E-state index in [9.17, 15) is 4.79 Å². The molecular formula is C22H24N2O2. The van der Waals surface area contributed by atoms with Crippen molar-refractivity contribution < 1.29 is 9.90 Å². The third-order valence-electron chi connectivity index (χ3n) is 5.46. The predicted molar refractivity (Wildman–Crippen MR) is 103 cm³/mol. The van der Waals surface area contributed by atoms with Gasteiger partial charge in [-0.1, -0.05) is 30.3 Å². The monoisotopic (exact) mass is 348 g/mol. The van der Waals surface area contributed by atoms with Gasteiger partial charge in [-0.2, -0.15) is 0 Å². The minimum absolute atomic E-state index is 0.0804. The van der Waals surface area contributed by atoms with E-state index in [-0.39, 0.29) is 12.5 Å². The lowest BCUT2D eigenvalue weighted by atomic mass is 9.98. The Morgan fingerprint density at radius 1 is 1.12 bits per heavy atom. The van der Waals surface area contributed by atoms with Crippen molar-refractivity contribution >= 4 is 16.8 Å². The van der Waals surface area contributed by atoms with Crippen LogP contribution in [0.4, 0.5) is 0 Å². The Morgan fingerprint density at radius 2 is 1.88 bits per heavy atom. The van der Waals surface area contributed by atoms with Crippen molar-refractivity contribution in [3.8, 4) is 0 Å². The summed E-state index contributed by atoms with van der Waals surface area (Å²) in [6.45, 7) is 1.71. The van der Waals surface area contributed by atoms with Gasteiger partial charge in [0.2, 0.25) is 0 Å². The Labute approximate surface area is 153 Å². The number of benzene rings is 2. The van der Waals surface area contributed by atoms with Gasteiger partial charge < -0.3 is 14.6 Å². The fraction of sp³-hybridized carbons (Fsp3) is 0.318. The second kappa shape index (κ2) is 6.96. The van der Waals surface area contributed by atoms with Crippen molar-refractivity contribution in [2.45, 2.75) is 19.4 Å². The SMILES string of the molecule is Cn1ccc2c(C(=O)N3CCC(Cc4ccc(CO)cc4)C3)cccc21. The molecule has 1 aliphatic heterocycles. The van der Waals surface area contributed by atoms with Gasteiger partial charge in [0.05, 0.1) is 6.61 Å². The summed E-state index contributed by atoms with van der Waals surface area (Å²) in [4.78, 5) is 15.0. The van der Waals surface area contributed by atoms with Gasteiger partial charge >= 0.3 is 0 Å². The molecule has 0 radical (unpaired) electrons. The number of amides is 1. The highest BCUT2D eigenvalue weighted by molar-refractivity contribution is 6.06. The zero-order valence-electron chi connectivity index (χ0n) is 15.1. The maximum atomic E-state index is 13.0. The topological polar surface area (TPSA) is 45.5 Å². The Kier molecular flexibility index (Phi) is 4.51. The lowest BCUT2D eigenvalue weighted by Crippen LogP contribution is -2.29. The van der Waals surface area contributed by atoms with E-state index in [0.717, 1.165) is 48.0 Å². The van der Waals surface area contributed by atoms with Crippen molar-refractivity contribution in [2.24, 2.45) is 13.0 Å². The zero-order valence-corrected chi connectivity index (χ0v) is 15.1. The Morgan fingerprint density at radius 3 is 2.65 bits per heavy atom. The van der Waals surface area contributed by atoms with Crippen LogP contribution in [-0.2, 0) is 20.1 Å². The van der Waals surface area contributed by atoms with Crippen molar-refractivity contribution in [1.82, 2.24) is 9.47 Å². The third kappa shape index (κ3) is 3.13. The summed E-state index contributed by atoms with van der Waals surface area (Å²) < 4.78 is 2.05. The minimum atomic E-state index is 0.0804. The molecule has 134 valence electrons. The predicted octanol–water partition coefficient (Wildman–Crippen LogP) is 3.38. The molecule has 4 nitrogen and oxygen atoms in total. The van der Waals surface area contributed by atoms with Crippen LogP contribution in [0.2, 0.25) is 0 Å². The first-order valence-electron chi connectivity index (χ1n) is 9.17. The Balaban J connectivity index is 1.46. The molecule has 26 heavy (non-hydrogen) atoms. The lowest BCUT2D eigenvalue weighted by molar-refractivity contribution is 0.0789. The molecule has 1 aliphatic rings. The second-order valence-electron chi connectivity index (χ2n) is 7.25. The number of aromatic nitrogens is 1. The molecule has 1 amide bonds. The van der Waals surface area contributed by atoms with Gasteiger partial charge in [-0.3, -0.25) is 4.79 Å². The molecule has 0 aliphatic carbocycles. The van der Waals surface area contributed by atoms with Crippen LogP contribution in [-0.4, -0.2) is 33.6 Å². The Hall–Kier alpha value is -2.59. The van der Waals surface area contributed by atoms with Crippen LogP contribution in [0.5, 0.6) is 0 Å². The number of aliphatic hydroxyl groups excluding tert-OH is 1. The molecule has 2 aromatic carbocycles. The van der Waals surface area contributed by atoms with Crippen molar-refractivity contribution in [2.75, 3.05) is 13.1 Å². The second-order valence-corrected chi connectivity index (χ2v) is 7.25. The molecule has 2 heterocycles. The number of aliphatic hydroxyl groups is 1. The van der Waals surface area contributed by atoms with E-state index >= 15 is 0 Å². The molecule has 1 fully saturated rings. The van der Waals surface area contributed by atoms with E-state index in [2.05, 4.69) is 22.8 Å². The number of carbonyl (C=O) groups excluding carboxylic acids is 1. The van der Waals surface area contributed by atoms with Crippen molar-refractivity contribution in [3.63, 3.8) is 0 Å². The average Bonchev–Trinajstić information content (AvgIpc) is 3.29. The summed E-state index contributed by atoms with van der Waals surface area (Å²) in [5.74, 6) is 0.633. The molecule has 0 saturated carbocycles. The molecule has 4 rings (SSSR count). The standard InChI is InChI=1S/C22H24N2O2/c1-23-11-10-19-20(3-2-4-21(19)23)22(26)24-12-9-18(14-24)13-16-5-7-17(15-25)8-6-16/h2-8,10-11,18,25H,9,12-15H2,1H3. The van der Waals surface area contributed by atoms with Gasteiger partial charge in [-0.05, 0) is 48.1 Å². The van der Waals surface area contributed by atoms with Crippen LogP contribution in [0.1, 0.15) is 27.9 Å². The van der Waals surface area contributed by atoms with Crippen LogP contribution < -0.4 is 0 Å². The van der Waals surface area contributed by atoms with E-state index in [0.29, 0.717) is 5.92 Å². The van der Waals surface area contributed by atoms with Crippen LogP contribution in [0, 0.1) is 5.92 Å². The summed E-state index contributed by atoms with van der Waals surface area (Å²) >= 11 is 0. The first-order valence-corrected chi connectivity index (χ1v) is 9.17. The first-order chi connectivity index (χ1) is 12.7. The van der Waals surface area contributed by atoms with E-state index < -0.39 is 0 Å². The number of aryl methyl sites for hydroxylation is 1. The maximum Gasteiger partial charge on any atom is 0.254 e. The highest BCUT2D eigenvalue weighted by Crippen LogP contribution is 2.26. The largest absolute Gasteiger partial charge is 0.392 e. The summed E-state index contributed by atoms with van der Waals surface area (Å²) in [5.41, 5.74) is 4.10. The molecule has 1 saturated heterocycles. The van der Waals surface area contributed by atoms with Crippen LogP contribution >= 0.6 is 0 Å². The highest BCUT2D eigenvalue weighted by atomic mass is 16.3. The molecule has 4 heteroatoms. The third-order valence-corrected chi connectivity index (χ3v) is 5.46. The van der Waals surface area contributed by atoms with Crippen LogP contribution in [0.3, 0.4) is 0 Å². The first kappa shape index (κ1) is 16.9. The van der Waals surface area contributed by atoms with Gasteiger partial charge in [-0.25, -0.2) is 0 Å². The van der Waals surface area contributed by atoms with Gasteiger partial charge in [0.25, 0.3) is 5.91 Å². The normalized spacial score (nSPS) is 17.2. The number of rotatable bonds is 4. The summed E-state index contributed by atoms with van der Waals surface area (Å²) in [6.07, 6.45) is 4.02. The quantitative estimate of drug-likeness (QED) is 0.786. The average molecular weight is 348 g/mol. The number of hydrogen-bond donors (Lipinski definition) is 1. The van der Waals surface area contributed by atoms with E-state index in [1.165, 1.54) is 5.56 Å². The summed E-state index contributed by atoms with van der Waals surface area (Å²) in [6, 6.07) is 16.1. The zero-order chi connectivity index (χ0) is 18.1. The maximum absolute atomic E-state index is 13.0. The van der Waals surface area contributed by atoms with Gasteiger partial charge in [0.15, 0.2) is 0 Å². The van der Waals surface area contributed by atoms with Crippen LogP contribution in [0.25, 0.3) is 10.9 Å². The van der Waals surface area contributed by atoms with Gasteiger partial charge in [-0.15, -0.1) is 0 Å². The van der Waals surface area contributed by atoms with Gasteiger partial charge in [0, 0.05) is 42.8 Å².